The van der Waals surface area contributed by atoms with Gasteiger partial charge < -0.3 is 15.2 Å². The SMILES string of the molecule is COC(=O)/C=C/CNC(=O)C(O)C(C)c1ccc(C)cc1. The number of amides is 1. The zero-order chi connectivity index (χ0) is 15.8. The zero-order valence-corrected chi connectivity index (χ0v) is 12.5. The summed E-state index contributed by atoms with van der Waals surface area (Å²) in [6.45, 7) is 3.93. The van der Waals surface area contributed by atoms with Crippen LogP contribution in [0.15, 0.2) is 36.4 Å². The maximum absolute atomic E-state index is 11.8. The summed E-state index contributed by atoms with van der Waals surface area (Å²) in [5.74, 6) is -1.27. The second kappa shape index (κ2) is 8.21. The van der Waals surface area contributed by atoms with E-state index in [4.69, 9.17) is 0 Å². The number of methoxy groups -OCH3 is 1. The average Bonchev–Trinajstić information content (AvgIpc) is 2.50. The molecule has 1 rings (SSSR count). The number of ether oxygens (including phenoxy) is 1. The maximum Gasteiger partial charge on any atom is 0.330 e. The minimum atomic E-state index is -1.14. The van der Waals surface area contributed by atoms with Crippen LogP contribution in [-0.2, 0) is 14.3 Å². The van der Waals surface area contributed by atoms with Gasteiger partial charge in [0, 0.05) is 18.5 Å². The Bertz CT molecular complexity index is 508. The first-order chi connectivity index (χ1) is 9.95. The molecule has 0 aliphatic carbocycles. The van der Waals surface area contributed by atoms with E-state index < -0.39 is 18.0 Å². The van der Waals surface area contributed by atoms with Crippen molar-refractivity contribution in [2.45, 2.75) is 25.9 Å². The van der Waals surface area contributed by atoms with Gasteiger partial charge in [0.05, 0.1) is 7.11 Å². The van der Waals surface area contributed by atoms with Crippen LogP contribution < -0.4 is 5.32 Å². The van der Waals surface area contributed by atoms with Crippen LogP contribution in [0, 0.1) is 6.92 Å². The van der Waals surface area contributed by atoms with Gasteiger partial charge in [0.2, 0.25) is 5.91 Å². The molecule has 1 aromatic rings. The number of carbonyl (C=O) groups excluding carboxylic acids is 2. The molecule has 5 heteroatoms. The fourth-order valence-electron chi connectivity index (χ4n) is 1.77. The molecule has 0 heterocycles. The van der Waals surface area contributed by atoms with E-state index in [2.05, 4.69) is 10.1 Å². The Morgan fingerprint density at radius 3 is 2.52 bits per heavy atom. The van der Waals surface area contributed by atoms with Crippen LogP contribution in [0.2, 0.25) is 0 Å². The highest BCUT2D eigenvalue weighted by molar-refractivity contribution is 5.83. The van der Waals surface area contributed by atoms with Crippen molar-refractivity contribution in [3.8, 4) is 0 Å². The van der Waals surface area contributed by atoms with Crippen molar-refractivity contribution in [3.05, 3.63) is 47.5 Å². The summed E-state index contributed by atoms with van der Waals surface area (Å²) in [4.78, 5) is 22.7. The van der Waals surface area contributed by atoms with E-state index in [1.165, 1.54) is 19.3 Å². The third-order valence-electron chi connectivity index (χ3n) is 3.19. The summed E-state index contributed by atoms with van der Waals surface area (Å²) in [5, 5.41) is 12.6. The smallest absolute Gasteiger partial charge is 0.330 e. The number of nitrogens with one attached hydrogen (secondary N) is 1. The van der Waals surface area contributed by atoms with Crippen LogP contribution >= 0.6 is 0 Å². The molecule has 0 saturated heterocycles. The zero-order valence-electron chi connectivity index (χ0n) is 12.5. The summed E-state index contributed by atoms with van der Waals surface area (Å²) < 4.78 is 4.42. The first-order valence-corrected chi connectivity index (χ1v) is 6.72. The molecule has 1 amide bonds. The lowest BCUT2D eigenvalue weighted by molar-refractivity contribution is -0.135. The molecule has 114 valence electrons. The van der Waals surface area contributed by atoms with Crippen LogP contribution in [0.25, 0.3) is 0 Å². The molecule has 2 unspecified atom stereocenters. The van der Waals surface area contributed by atoms with Gasteiger partial charge in [-0.15, -0.1) is 0 Å². The van der Waals surface area contributed by atoms with E-state index in [9.17, 15) is 14.7 Å². The molecule has 0 aromatic heterocycles. The quantitative estimate of drug-likeness (QED) is 0.612. The fourth-order valence-corrected chi connectivity index (χ4v) is 1.77. The topological polar surface area (TPSA) is 75.6 Å². The van der Waals surface area contributed by atoms with Crippen molar-refractivity contribution in [1.82, 2.24) is 5.32 Å². The maximum atomic E-state index is 11.8. The Labute approximate surface area is 124 Å². The van der Waals surface area contributed by atoms with E-state index in [1.54, 1.807) is 6.92 Å². The number of esters is 1. The molecule has 5 nitrogen and oxygen atoms in total. The predicted octanol–water partition coefficient (Wildman–Crippen LogP) is 1.30. The van der Waals surface area contributed by atoms with Crippen LogP contribution in [0.5, 0.6) is 0 Å². The lowest BCUT2D eigenvalue weighted by atomic mass is 9.94. The first-order valence-electron chi connectivity index (χ1n) is 6.72. The van der Waals surface area contributed by atoms with E-state index in [-0.39, 0.29) is 12.5 Å². The average molecular weight is 291 g/mol. The lowest BCUT2D eigenvalue weighted by Crippen LogP contribution is -2.37. The monoisotopic (exact) mass is 291 g/mol. The first kappa shape index (κ1) is 16.9. The fraction of sp³-hybridized carbons (Fsp3) is 0.375. The second-order valence-electron chi connectivity index (χ2n) is 4.81. The Morgan fingerprint density at radius 2 is 1.95 bits per heavy atom. The molecule has 21 heavy (non-hydrogen) atoms. The summed E-state index contributed by atoms with van der Waals surface area (Å²) in [7, 11) is 1.28. The summed E-state index contributed by atoms with van der Waals surface area (Å²) in [6, 6.07) is 7.67. The highest BCUT2D eigenvalue weighted by Gasteiger charge is 2.23. The highest BCUT2D eigenvalue weighted by Crippen LogP contribution is 2.19. The largest absolute Gasteiger partial charge is 0.466 e. The number of rotatable bonds is 6. The third-order valence-corrected chi connectivity index (χ3v) is 3.19. The minimum Gasteiger partial charge on any atom is -0.466 e. The van der Waals surface area contributed by atoms with Gasteiger partial charge in [0.15, 0.2) is 0 Å². The van der Waals surface area contributed by atoms with Crippen molar-refractivity contribution < 1.29 is 19.4 Å². The van der Waals surface area contributed by atoms with E-state index in [1.807, 2.05) is 31.2 Å². The lowest BCUT2D eigenvalue weighted by Gasteiger charge is -2.18. The molecule has 0 fully saturated rings. The van der Waals surface area contributed by atoms with Gasteiger partial charge in [0.25, 0.3) is 0 Å². The number of aryl methyl sites for hydroxylation is 1. The molecule has 0 saturated carbocycles. The number of benzene rings is 1. The van der Waals surface area contributed by atoms with E-state index in [0.717, 1.165) is 11.1 Å². The molecule has 0 aliphatic heterocycles. The number of hydrogen-bond acceptors (Lipinski definition) is 4. The Morgan fingerprint density at radius 1 is 1.33 bits per heavy atom. The van der Waals surface area contributed by atoms with E-state index >= 15 is 0 Å². The van der Waals surface area contributed by atoms with Gasteiger partial charge in [-0.05, 0) is 12.5 Å². The third kappa shape index (κ3) is 5.39. The van der Waals surface area contributed by atoms with Crippen LogP contribution in [0.4, 0.5) is 0 Å². The molecule has 1 aromatic carbocycles. The van der Waals surface area contributed by atoms with Gasteiger partial charge in [-0.2, -0.15) is 0 Å². The Hall–Kier alpha value is -2.14. The van der Waals surface area contributed by atoms with Crippen molar-refractivity contribution in [2.24, 2.45) is 0 Å². The molecule has 0 aliphatic rings. The molecule has 0 radical (unpaired) electrons. The minimum absolute atomic E-state index is 0.158. The number of aliphatic hydroxyl groups is 1. The Kier molecular flexibility index (Phi) is 6.62. The van der Waals surface area contributed by atoms with Gasteiger partial charge in [-0.25, -0.2) is 4.79 Å². The molecule has 2 atom stereocenters. The summed E-state index contributed by atoms with van der Waals surface area (Å²) in [6.07, 6.45) is 1.54. The summed E-state index contributed by atoms with van der Waals surface area (Å²) >= 11 is 0. The van der Waals surface area contributed by atoms with Gasteiger partial charge in [0.1, 0.15) is 6.10 Å². The predicted molar refractivity (Wildman–Crippen MR) is 79.8 cm³/mol. The van der Waals surface area contributed by atoms with Crippen molar-refractivity contribution in [3.63, 3.8) is 0 Å². The van der Waals surface area contributed by atoms with E-state index in [0.29, 0.717) is 0 Å². The highest BCUT2D eigenvalue weighted by atomic mass is 16.5. The molecule has 0 spiro atoms. The normalized spacial score (nSPS) is 13.7. The van der Waals surface area contributed by atoms with Crippen LogP contribution in [0.3, 0.4) is 0 Å². The van der Waals surface area contributed by atoms with Gasteiger partial charge >= 0.3 is 5.97 Å². The molecular formula is C16H21NO4. The number of aliphatic hydroxyl groups excluding tert-OH is 1. The van der Waals surface area contributed by atoms with Crippen molar-refractivity contribution in [2.75, 3.05) is 13.7 Å². The number of hydrogen-bond donors (Lipinski definition) is 2. The van der Waals surface area contributed by atoms with Crippen LogP contribution in [-0.4, -0.2) is 36.7 Å². The second-order valence-corrected chi connectivity index (χ2v) is 4.81. The van der Waals surface area contributed by atoms with Crippen molar-refractivity contribution >= 4 is 11.9 Å². The Balaban J connectivity index is 2.51. The number of carbonyl (C=O) groups is 2. The summed E-state index contributed by atoms with van der Waals surface area (Å²) in [5.41, 5.74) is 2.02. The molecular weight excluding hydrogens is 270 g/mol. The van der Waals surface area contributed by atoms with Crippen LogP contribution in [0.1, 0.15) is 24.0 Å². The van der Waals surface area contributed by atoms with Gasteiger partial charge in [-0.3, -0.25) is 4.79 Å². The van der Waals surface area contributed by atoms with Crippen molar-refractivity contribution in [1.29, 1.82) is 0 Å². The molecule has 0 bridgehead atoms. The molecule has 2 N–H and O–H groups in total. The van der Waals surface area contributed by atoms with Gasteiger partial charge in [-0.1, -0.05) is 42.8 Å². The standard InChI is InChI=1S/C16H21NO4/c1-11-6-8-13(9-7-11)12(2)15(19)16(20)17-10-4-5-14(18)21-3/h4-9,12,15,19H,10H2,1-3H3,(H,17,20)/b5-4+.